The summed E-state index contributed by atoms with van der Waals surface area (Å²) in [6.07, 6.45) is 17.0. The molecule has 0 aromatic carbocycles. The number of allylic oxidation sites excluding steroid dienone is 4. The number of aromatic nitrogens is 3. The van der Waals surface area contributed by atoms with Crippen molar-refractivity contribution in [2.75, 3.05) is 13.1 Å². The van der Waals surface area contributed by atoms with Gasteiger partial charge < -0.3 is 0 Å². The van der Waals surface area contributed by atoms with Crippen molar-refractivity contribution in [2.24, 2.45) is 0 Å². The van der Waals surface area contributed by atoms with Gasteiger partial charge in [-0.05, 0) is 42.2 Å². The van der Waals surface area contributed by atoms with E-state index in [1.165, 1.54) is 0 Å². The van der Waals surface area contributed by atoms with E-state index in [-0.39, 0.29) is 5.56 Å². The first-order valence-electron chi connectivity index (χ1n) is 10.3. The second-order valence-corrected chi connectivity index (χ2v) is 7.45. The first-order valence-corrected chi connectivity index (χ1v) is 10.3. The molecule has 3 aromatic heterocycles. The van der Waals surface area contributed by atoms with E-state index >= 15 is 0 Å². The fraction of sp³-hybridized carbons (Fsp3) is 0.240. The van der Waals surface area contributed by atoms with Gasteiger partial charge in [-0.2, -0.15) is 0 Å². The Morgan fingerprint density at radius 3 is 2.83 bits per heavy atom. The minimum Gasteiger partial charge on any atom is -0.298 e. The number of hydrogen-bond acceptors (Lipinski definition) is 4. The van der Waals surface area contributed by atoms with Crippen LogP contribution in [0.25, 0.3) is 11.0 Å². The fourth-order valence-electron chi connectivity index (χ4n) is 4.01. The quantitative estimate of drug-likeness (QED) is 0.567. The Morgan fingerprint density at radius 1 is 1.10 bits per heavy atom. The van der Waals surface area contributed by atoms with Gasteiger partial charge in [0.15, 0.2) is 0 Å². The zero-order chi connectivity index (χ0) is 20.8. The van der Waals surface area contributed by atoms with Crippen molar-refractivity contribution in [3.05, 3.63) is 107 Å². The molecule has 0 saturated heterocycles. The summed E-state index contributed by atoms with van der Waals surface area (Å²) in [5.41, 5.74) is 3.88. The van der Waals surface area contributed by atoms with Crippen LogP contribution in [0, 0.1) is 0 Å². The van der Waals surface area contributed by atoms with Crippen molar-refractivity contribution in [3.8, 4) is 0 Å². The van der Waals surface area contributed by atoms with Gasteiger partial charge in [0.25, 0.3) is 5.56 Å². The largest absolute Gasteiger partial charge is 0.298 e. The molecule has 1 aliphatic heterocycles. The highest BCUT2D eigenvalue weighted by atomic mass is 16.1. The zero-order valence-corrected chi connectivity index (χ0v) is 17.1. The highest BCUT2D eigenvalue weighted by molar-refractivity contribution is 5.80. The van der Waals surface area contributed by atoms with Gasteiger partial charge in [-0.1, -0.05) is 43.0 Å². The number of nitrogens with zero attached hydrogens (tertiary/aromatic N) is 4. The molecule has 0 aliphatic carbocycles. The predicted octanol–water partition coefficient (Wildman–Crippen LogP) is 3.89. The van der Waals surface area contributed by atoms with Crippen LogP contribution in [0.15, 0.2) is 84.6 Å². The first-order chi connectivity index (χ1) is 14.8. The number of fused-ring (bicyclic) bond motifs is 3. The maximum Gasteiger partial charge on any atom is 0.257 e. The molecule has 0 saturated carbocycles. The lowest BCUT2D eigenvalue weighted by Gasteiger charge is -2.29. The van der Waals surface area contributed by atoms with Crippen LogP contribution in [-0.4, -0.2) is 32.5 Å². The minimum absolute atomic E-state index is 0.0641. The molecule has 0 unspecified atom stereocenters. The summed E-state index contributed by atoms with van der Waals surface area (Å²) >= 11 is 0. The van der Waals surface area contributed by atoms with E-state index in [4.69, 9.17) is 0 Å². The van der Waals surface area contributed by atoms with E-state index < -0.39 is 0 Å². The van der Waals surface area contributed by atoms with Gasteiger partial charge in [-0.15, -0.1) is 0 Å². The number of rotatable bonds is 7. The minimum atomic E-state index is 0.0641. The molecule has 4 heterocycles. The molecule has 0 amide bonds. The van der Waals surface area contributed by atoms with E-state index in [2.05, 4.69) is 33.6 Å². The summed E-state index contributed by atoms with van der Waals surface area (Å²) in [6, 6.07) is 7.93. The Labute approximate surface area is 176 Å². The molecule has 0 bridgehead atoms. The van der Waals surface area contributed by atoms with Crippen LogP contribution in [0.5, 0.6) is 0 Å². The molecule has 1 aliphatic rings. The van der Waals surface area contributed by atoms with Crippen LogP contribution >= 0.6 is 0 Å². The maximum absolute atomic E-state index is 13.5. The molecule has 4 rings (SSSR count). The molecule has 0 N–H and O–H groups in total. The van der Waals surface area contributed by atoms with Crippen molar-refractivity contribution in [1.29, 1.82) is 0 Å². The van der Waals surface area contributed by atoms with E-state index in [1.54, 1.807) is 29.2 Å². The van der Waals surface area contributed by atoms with Crippen LogP contribution in [0.2, 0.25) is 0 Å². The molecule has 5 nitrogen and oxygen atoms in total. The van der Waals surface area contributed by atoms with Gasteiger partial charge in [0.2, 0.25) is 0 Å². The van der Waals surface area contributed by atoms with Crippen molar-refractivity contribution in [2.45, 2.75) is 25.9 Å². The zero-order valence-electron chi connectivity index (χ0n) is 17.1. The topological polar surface area (TPSA) is 51.0 Å². The summed E-state index contributed by atoms with van der Waals surface area (Å²) in [7, 11) is 0. The van der Waals surface area contributed by atoms with Crippen molar-refractivity contribution < 1.29 is 0 Å². The Balaban J connectivity index is 1.63. The Hall–Kier alpha value is -3.31. The van der Waals surface area contributed by atoms with Gasteiger partial charge in [0, 0.05) is 49.2 Å². The highest BCUT2D eigenvalue weighted by Crippen LogP contribution is 2.24. The highest BCUT2D eigenvalue weighted by Gasteiger charge is 2.23. The van der Waals surface area contributed by atoms with Crippen LogP contribution in [0.1, 0.15) is 23.1 Å². The lowest BCUT2D eigenvalue weighted by Crippen LogP contribution is -2.38. The molecule has 0 atom stereocenters. The normalized spacial score (nSPS) is 14.5. The van der Waals surface area contributed by atoms with E-state index in [0.717, 1.165) is 53.7 Å². The Bertz CT molecular complexity index is 1150. The Kier molecular flexibility index (Phi) is 6.30. The third-order valence-electron chi connectivity index (χ3n) is 5.46. The SMILES string of the molecule is C=C/C=C\C=C/CCN1CCc2c(c(=O)n(Cc3cccnc3)c3ncccc23)C1. The number of pyridine rings is 3. The summed E-state index contributed by atoms with van der Waals surface area (Å²) in [5, 5.41) is 1.09. The second-order valence-electron chi connectivity index (χ2n) is 7.45. The van der Waals surface area contributed by atoms with Crippen molar-refractivity contribution in [1.82, 2.24) is 19.4 Å². The lowest BCUT2D eigenvalue weighted by atomic mass is 9.97. The van der Waals surface area contributed by atoms with Crippen molar-refractivity contribution in [3.63, 3.8) is 0 Å². The van der Waals surface area contributed by atoms with E-state index in [9.17, 15) is 4.79 Å². The summed E-state index contributed by atoms with van der Waals surface area (Å²) in [4.78, 5) is 24.6. The summed E-state index contributed by atoms with van der Waals surface area (Å²) < 4.78 is 1.80. The lowest BCUT2D eigenvalue weighted by molar-refractivity contribution is 0.257. The summed E-state index contributed by atoms with van der Waals surface area (Å²) in [5.74, 6) is 0. The maximum atomic E-state index is 13.5. The first kappa shape index (κ1) is 20.0. The number of hydrogen-bond donors (Lipinski definition) is 0. The molecule has 3 aromatic rings. The van der Waals surface area contributed by atoms with Gasteiger partial charge in [-0.3, -0.25) is 19.2 Å². The average molecular weight is 399 g/mol. The third kappa shape index (κ3) is 4.31. The van der Waals surface area contributed by atoms with Gasteiger partial charge >= 0.3 is 0 Å². The van der Waals surface area contributed by atoms with Gasteiger partial charge in [-0.25, -0.2) is 4.98 Å². The van der Waals surface area contributed by atoms with Crippen molar-refractivity contribution >= 4 is 11.0 Å². The standard InChI is InChI=1S/C25H26N4O/c1-2-3-4-5-6-7-15-28-16-12-21-22-11-9-14-27-24(22)29(25(30)23(21)19-28)18-20-10-8-13-26-17-20/h2-6,8-11,13-14,17H,1,7,12,15-16,18-19H2/b4-3-,6-5-. The second kappa shape index (κ2) is 9.46. The molecule has 0 fully saturated rings. The summed E-state index contributed by atoms with van der Waals surface area (Å²) in [6.45, 7) is 6.72. The predicted molar refractivity (Wildman–Crippen MR) is 121 cm³/mol. The molecular formula is C25H26N4O. The van der Waals surface area contributed by atoms with Crippen LogP contribution in [-0.2, 0) is 19.5 Å². The van der Waals surface area contributed by atoms with Gasteiger partial charge in [0.1, 0.15) is 5.65 Å². The average Bonchev–Trinajstić information content (AvgIpc) is 2.79. The molecule has 30 heavy (non-hydrogen) atoms. The third-order valence-corrected chi connectivity index (χ3v) is 5.46. The Morgan fingerprint density at radius 2 is 2.00 bits per heavy atom. The fourth-order valence-corrected chi connectivity index (χ4v) is 4.01. The monoisotopic (exact) mass is 398 g/mol. The van der Waals surface area contributed by atoms with Gasteiger partial charge in [0.05, 0.1) is 6.54 Å². The van der Waals surface area contributed by atoms with Crippen LogP contribution in [0.3, 0.4) is 0 Å². The molecular weight excluding hydrogens is 372 g/mol. The smallest absolute Gasteiger partial charge is 0.257 e. The molecule has 0 radical (unpaired) electrons. The van der Waals surface area contributed by atoms with E-state index in [1.807, 2.05) is 36.4 Å². The van der Waals surface area contributed by atoms with Crippen LogP contribution < -0.4 is 5.56 Å². The molecule has 0 spiro atoms. The van der Waals surface area contributed by atoms with E-state index in [0.29, 0.717) is 13.1 Å². The van der Waals surface area contributed by atoms with Crippen LogP contribution in [0.4, 0.5) is 0 Å². The molecule has 5 heteroatoms. The molecule has 152 valence electrons.